The van der Waals surface area contributed by atoms with Gasteiger partial charge in [-0.2, -0.15) is 0 Å². The van der Waals surface area contributed by atoms with Gasteiger partial charge in [0.15, 0.2) is 0 Å². The van der Waals surface area contributed by atoms with Gasteiger partial charge in [0.05, 0.1) is 12.7 Å². The maximum atomic E-state index is 5.43. The van der Waals surface area contributed by atoms with E-state index in [9.17, 15) is 0 Å². The third-order valence-electron chi connectivity index (χ3n) is 3.55. The number of nitrogens with one attached hydrogen (secondary N) is 1. The highest BCUT2D eigenvalue weighted by Gasteiger charge is 2.23. The molecule has 1 N–H and O–H groups in total. The zero-order valence-corrected chi connectivity index (χ0v) is 11.3. The summed E-state index contributed by atoms with van der Waals surface area (Å²) in [7, 11) is 1.81. The molecule has 3 heteroatoms. The van der Waals surface area contributed by atoms with Crippen LogP contribution < -0.4 is 10.1 Å². The lowest BCUT2D eigenvalue weighted by Gasteiger charge is -2.13. The normalized spacial score (nSPS) is 23.2. The molecular formula is C15H23NO2. The van der Waals surface area contributed by atoms with Gasteiger partial charge in [0, 0.05) is 19.7 Å². The van der Waals surface area contributed by atoms with Gasteiger partial charge in [-0.25, -0.2) is 0 Å². The summed E-state index contributed by atoms with van der Waals surface area (Å²) in [6.45, 7) is 3.65. The molecule has 1 aromatic rings. The first-order valence-corrected chi connectivity index (χ1v) is 6.79. The molecule has 1 aromatic carbocycles. The Morgan fingerprint density at radius 3 is 2.61 bits per heavy atom. The second-order valence-electron chi connectivity index (χ2n) is 4.83. The van der Waals surface area contributed by atoms with Crippen LogP contribution in [0.25, 0.3) is 0 Å². The topological polar surface area (TPSA) is 30.5 Å². The largest absolute Gasteiger partial charge is 0.494 e. The van der Waals surface area contributed by atoms with E-state index in [1.807, 2.05) is 19.1 Å². The van der Waals surface area contributed by atoms with Crippen LogP contribution in [0.1, 0.15) is 31.7 Å². The second-order valence-corrected chi connectivity index (χ2v) is 4.83. The minimum atomic E-state index is 0.447. The van der Waals surface area contributed by atoms with Crippen LogP contribution in [-0.4, -0.2) is 25.9 Å². The summed E-state index contributed by atoms with van der Waals surface area (Å²) in [5, 5.41) is 3.59. The number of rotatable bonds is 6. The van der Waals surface area contributed by atoms with E-state index in [1.54, 1.807) is 7.11 Å². The Kier molecular flexibility index (Phi) is 5.02. The molecule has 2 rings (SSSR count). The molecule has 18 heavy (non-hydrogen) atoms. The summed E-state index contributed by atoms with van der Waals surface area (Å²) in [5.41, 5.74) is 1.30. The van der Waals surface area contributed by atoms with Crippen LogP contribution in [0.5, 0.6) is 5.75 Å². The van der Waals surface area contributed by atoms with Gasteiger partial charge in [-0.05, 0) is 43.9 Å². The van der Waals surface area contributed by atoms with Crippen LogP contribution in [0.2, 0.25) is 0 Å². The lowest BCUT2D eigenvalue weighted by molar-refractivity contribution is 0.107. The summed E-state index contributed by atoms with van der Waals surface area (Å²) in [6, 6.07) is 8.92. The smallest absolute Gasteiger partial charge is 0.119 e. The van der Waals surface area contributed by atoms with Crippen molar-refractivity contribution in [2.75, 3.05) is 13.7 Å². The molecule has 0 bridgehead atoms. The first kappa shape index (κ1) is 13.4. The standard InChI is InChI=1S/C15H23NO2/c1-3-18-14-7-4-12(5-8-14)11-16-13-6-9-15(10-13)17-2/h4-5,7-8,13,15-16H,3,6,9-11H2,1-2H3. The van der Waals surface area contributed by atoms with Gasteiger partial charge in [0.25, 0.3) is 0 Å². The van der Waals surface area contributed by atoms with Gasteiger partial charge in [0.1, 0.15) is 5.75 Å². The maximum Gasteiger partial charge on any atom is 0.119 e. The highest BCUT2D eigenvalue weighted by molar-refractivity contribution is 5.27. The molecule has 1 aliphatic carbocycles. The third kappa shape index (κ3) is 3.72. The zero-order chi connectivity index (χ0) is 12.8. The average Bonchev–Trinajstić information content (AvgIpc) is 2.86. The lowest BCUT2D eigenvalue weighted by atomic mass is 10.2. The minimum Gasteiger partial charge on any atom is -0.494 e. The molecule has 0 radical (unpaired) electrons. The van der Waals surface area contributed by atoms with Crippen molar-refractivity contribution in [3.05, 3.63) is 29.8 Å². The Bertz CT molecular complexity index is 350. The van der Waals surface area contributed by atoms with Crippen molar-refractivity contribution in [1.29, 1.82) is 0 Å². The van der Waals surface area contributed by atoms with Crippen LogP contribution >= 0.6 is 0 Å². The van der Waals surface area contributed by atoms with Crippen molar-refractivity contribution in [3.8, 4) is 5.75 Å². The number of hydrogen-bond donors (Lipinski definition) is 1. The number of ether oxygens (including phenoxy) is 2. The molecule has 1 saturated carbocycles. The van der Waals surface area contributed by atoms with Gasteiger partial charge < -0.3 is 14.8 Å². The summed E-state index contributed by atoms with van der Waals surface area (Å²) in [4.78, 5) is 0. The van der Waals surface area contributed by atoms with E-state index in [-0.39, 0.29) is 0 Å². The molecule has 0 aliphatic heterocycles. The molecule has 0 spiro atoms. The molecule has 0 aromatic heterocycles. The number of hydrogen-bond acceptors (Lipinski definition) is 3. The fourth-order valence-corrected chi connectivity index (χ4v) is 2.47. The summed E-state index contributed by atoms with van der Waals surface area (Å²) in [5.74, 6) is 0.946. The minimum absolute atomic E-state index is 0.447. The highest BCUT2D eigenvalue weighted by Crippen LogP contribution is 2.21. The van der Waals surface area contributed by atoms with E-state index in [4.69, 9.17) is 9.47 Å². The van der Waals surface area contributed by atoms with E-state index in [0.717, 1.165) is 25.3 Å². The van der Waals surface area contributed by atoms with Crippen LogP contribution in [0, 0.1) is 0 Å². The SMILES string of the molecule is CCOc1ccc(CNC2CCC(OC)C2)cc1. The Hall–Kier alpha value is -1.06. The lowest BCUT2D eigenvalue weighted by Crippen LogP contribution is -2.26. The quantitative estimate of drug-likeness (QED) is 0.841. The Balaban J connectivity index is 1.76. The number of benzene rings is 1. The van der Waals surface area contributed by atoms with E-state index >= 15 is 0 Å². The Morgan fingerprint density at radius 2 is 2.00 bits per heavy atom. The molecule has 0 saturated heterocycles. The predicted molar refractivity (Wildman–Crippen MR) is 72.9 cm³/mol. The van der Waals surface area contributed by atoms with Gasteiger partial charge in [-0.3, -0.25) is 0 Å². The Morgan fingerprint density at radius 1 is 1.22 bits per heavy atom. The van der Waals surface area contributed by atoms with Crippen molar-refractivity contribution in [3.63, 3.8) is 0 Å². The monoisotopic (exact) mass is 249 g/mol. The fourth-order valence-electron chi connectivity index (χ4n) is 2.47. The number of methoxy groups -OCH3 is 1. The van der Waals surface area contributed by atoms with Crippen LogP contribution in [0.3, 0.4) is 0 Å². The van der Waals surface area contributed by atoms with Crippen molar-refractivity contribution in [2.45, 2.75) is 44.9 Å². The van der Waals surface area contributed by atoms with E-state index < -0.39 is 0 Å². The van der Waals surface area contributed by atoms with E-state index in [0.29, 0.717) is 12.1 Å². The van der Waals surface area contributed by atoms with Crippen molar-refractivity contribution in [1.82, 2.24) is 5.32 Å². The molecule has 0 amide bonds. The molecule has 1 fully saturated rings. The summed E-state index contributed by atoms with van der Waals surface area (Å²) >= 11 is 0. The predicted octanol–water partition coefficient (Wildman–Crippen LogP) is 2.74. The molecule has 3 nitrogen and oxygen atoms in total. The first-order valence-electron chi connectivity index (χ1n) is 6.79. The second kappa shape index (κ2) is 6.76. The molecular weight excluding hydrogens is 226 g/mol. The molecule has 2 unspecified atom stereocenters. The van der Waals surface area contributed by atoms with Crippen molar-refractivity contribution >= 4 is 0 Å². The van der Waals surface area contributed by atoms with E-state index in [2.05, 4.69) is 17.4 Å². The highest BCUT2D eigenvalue weighted by atomic mass is 16.5. The summed E-state index contributed by atoms with van der Waals surface area (Å²) < 4.78 is 10.8. The van der Waals surface area contributed by atoms with Gasteiger partial charge in [-0.1, -0.05) is 12.1 Å². The molecule has 100 valence electrons. The molecule has 0 heterocycles. The third-order valence-corrected chi connectivity index (χ3v) is 3.55. The van der Waals surface area contributed by atoms with E-state index in [1.165, 1.54) is 18.4 Å². The molecule has 2 atom stereocenters. The van der Waals surface area contributed by atoms with Crippen LogP contribution in [0.4, 0.5) is 0 Å². The van der Waals surface area contributed by atoms with Gasteiger partial charge in [0.2, 0.25) is 0 Å². The maximum absolute atomic E-state index is 5.43. The Labute approximate surface area is 109 Å². The zero-order valence-electron chi connectivity index (χ0n) is 11.3. The van der Waals surface area contributed by atoms with Crippen molar-refractivity contribution in [2.24, 2.45) is 0 Å². The van der Waals surface area contributed by atoms with Gasteiger partial charge >= 0.3 is 0 Å². The van der Waals surface area contributed by atoms with Crippen molar-refractivity contribution < 1.29 is 9.47 Å². The first-order chi connectivity index (χ1) is 8.81. The fraction of sp³-hybridized carbons (Fsp3) is 0.600. The molecule has 1 aliphatic rings. The van der Waals surface area contributed by atoms with Crippen LogP contribution in [-0.2, 0) is 11.3 Å². The summed E-state index contributed by atoms with van der Waals surface area (Å²) in [6.07, 6.45) is 3.98. The van der Waals surface area contributed by atoms with Crippen LogP contribution in [0.15, 0.2) is 24.3 Å². The average molecular weight is 249 g/mol. The van der Waals surface area contributed by atoms with Gasteiger partial charge in [-0.15, -0.1) is 0 Å².